The molecule has 1 aromatic carbocycles. The van der Waals surface area contributed by atoms with E-state index in [1.165, 1.54) is 5.56 Å². The number of hydrogen-bond donors (Lipinski definition) is 2. The summed E-state index contributed by atoms with van der Waals surface area (Å²) in [4.78, 5) is 12.6. The minimum absolute atomic E-state index is 0. The van der Waals surface area contributed by atoms with Gasteiger partial charge in [0, 0.05) is 24.1 Å². The second-order valence-corrected chi connectivity index (χ2v) is 6.35. The molecule has 23 heavy (non-hydrogen) atoms. The highest BCUT2D eigenvalue weighted by atomic mass is 35.5. The fraction of sp³-hybridized carbons (Fsp3) is 0.611. The van der Waals surface area contributed by atoms with Crippen LogP contribution in [0.3, 0.4) is 0 Å². The molecule has 0 heterocycles. The van der Waals surface area contributed by atoms with Gasteiger partial charge in [-0.3, -0.25) is 4.79 Å². The number of methoxy groups -OCH3 is 1. The van der Waals surface area contributed by atoms with Gasteiger partial charge in [-0.15, -0.1) is 12.4 Å². The fourth-order valence-electron chi connectivity index (χ4n) is 3.16. The smallest absolute Gasteiger partial charge is 0.227 e. The number of benzene rings is 1. The number of carbonyl (C=O) groups excluding carboxylic acids is 1. The highest BCUT2D eigenvalue weighted by Crippen LogP contribution is 2.50. The summed E-state index contributed by atoms with van der Waals surface area (Å²) in [5, 5.41) is 3.15. The predicted molar refractivity (Wildman–Crippen MR) is 96.2 cm³/mol. The molecule has 1 aromatic rings. The average molecular weight is 341 g/mol. The second-order valence-electron chi connectivity index (χ2n) is 6.35. The first-order valence-corrected chi connectivity index (χ1v) is 8.19. The summed E-state index contributed by atoms with van der Waals surface area (Å²) in [5.74, 6) is 0.992. The second kappa shape index (κ2) is 8.02. The van der Waals surface area contributed by atoms with Gasteiger partial charge < -0.3 is 15.8 Å². The number of para-hydroxylation sites is 1. The predicted octanol–water partition coefficient (Wildman–Crippen LogP) is 3.03. The molecule has 0 atom stereocenters. The molecule has 0 unspecified atom stereocenters. The maximum absolute atomic E-state index is 12.6. The van der Waals surface area contributed by atoms with Crippen molar-refractivity contribution in [1.82, 2.24) is 5.32 Å². The summed E-state index contributed by atoms with van der Waals surface area (Å²) in [7, 11) is 1.70. The third kappa shape index (κ3) is 3.81. The van der Waals surface area contributed by atoms with Crippen LogP contribution < -0.4 is 15.8 Å². The van der Waals surface area contributed by atoms with E-state index in [-0.39, 0.29) is 23.7 Å². The van der Waals surface area contributed by atoms with Crippen molar-refractivity contribution in [1.29, 1.82) is 0 Å². The first kappa shape index (κ1) is 19.8. The Bertz CT molecular complexity index is 517. The number of rotatable bonds is 8. The van der Waals surface area contributed by atoms with Gasteiger partial charge >= 0.3 is 0 Å². The van der Waals surface area contributed by atoms with E-state index in [1.807, 2.05) is 32.0 Å². The molecule has 0 aliphatic heterocycles. The lowest BCUT2D eigenvalue weighted by Gasteiger charge is -2.30. The molecule has 1 saturated carbocycles. The molecule has 3 N–H and O–H groups in total. The Morgan fingerprint density at radius 2 is 1.91 bits per heavy atom. The summed E-state index contributed by atoms with van der Waals surface area (Å²) in [5.41, 5.74) is 6.66. The number of carbonyl (C=O) groups is 1. The molecule has 1 amide bonds. The molecule has 0 spiro atoms. The monoisotopic (exact) mass is 340 g/mol. The van der Waals surface area contributed by atoms with E-state index in [9.17, 15) is 4.79 Å². The molecule has 4 nitrogen and oxygen atoms in total. The zero-order valence-corrected chi connectivity index (χ0v) is 15.2. The van der Waals surface area contributed by atoms with Gasteiger partial charge in [0.25, 0.3) is 0 Å². The van der Waals surface area contributed by atoms with Crippen molar-refractivity contribution in [3.05, 3.63) is 29.8 Å². The highest BCUT2D eigenvalue weighted by molar-refractivity contribution is 5.85. The van der Waals surface area contributed by atoms with E-state index in [0.717, 1.165) is 31.4 Å². The lowest BCUT2D eigenvalue weighted by molar-refractivity contribution is -0.131. The molecular weight excluding hydrogens is 312 g/mol. The Morgan fingerprint density at radius 1 is 1.30 bits per heavy atom. The van der Waals surface area contributed by atoms with Crippen molar-refractivity contribution >= 4 is 18.3 Å². The maximum atomic E-state index is 12.6. The van der Waals surface area contributed by atoms with Gasteiger partial charge in [-0.25, -0.2) is 0 Å². The van der Waals surface area contributed by atoms with Gasteiger partial charge in [0.15, 0.2) is 0 Å². The van der Waals surface area contributed by atoms with Gasteiger partial charge in [0.05, 0.1) is 12.5 Å². The first-order valence-electron chi connectivity index (χ1n) is 8.19. The Balaban J connectivity index is 0.00000264. The van der Waals surface area contributed by atoms with E-state index >= 15 is 0 Å². The number of ether oxygens (including phenoxy) is 1. The van der Waals surface area contributed by atoms with Crippen molar-refractivity contribution in [2.45, 2.75) is 44.9 Å². The van der Waals surface area contributed by atoms with Gasteiger partial charge in [-0.1, -0.05) is 32.0 Å². The Labute approximate surface area is 145 Å². The third-order valence-electron chi connectivity index (χ3n) is 5.35. The molecule has 5 heteroatoms. The van der Waals surface area contributed by atoms with E-state index in [0.29, 0.717) is 13.1 Å². The van der Waals surface area contributed by atoms with Crippen LogP contribution in [-0.4, -0.2) is 26.1 Å². The largest absolute Gasteiger partial charge is 0.496 e. The van der Waals surface area contributed by atoms with Crippen molar-refractivity contribution in [2.75, 3.05) is 20.2 Å². The number of nitrogens with two attached hydrogens (primary N) is 1. The van der Waals surface area contributed by atoms with Gasteiger partial charge in [-0.05, 0) is 31.7 Å². The molecule has 0 aromatic heterocycles. The van der Waals surface area contributed by atoms with Crippen molar-refractivity contribution < 1.29 is 9.53 Å². The average Bonchev–Trinajstić information content (AvgIpc) is 3.36. The van der Waals surface area contributed by atoms with Gasteiger partial charge in [-0.2, -0.15) is 0 Å². The molecule has 0 bridgehead atoms. The highest BCUT2D eigenvalue weighted by Gasteiger charge is 2.47. The molecule has 130 valence electrons. The Kier molecular flexibility index (Phi) is 6.90. The van der Waals surface area contributed by atoms with E-state index in [4.69, 9.17) is 10.5 Å². The van der Waals surface area contributed by atoms with Crippen molar-refractivity contribution in [3.8, 4) is 5.75 Å². The number of nitrogens with one attached hydrogen (secondary N) is 1. The van der Waals surface area contributed by atoms with E-state index in [1.54, 1.807) is 7.11 Å². The molecule has 0 saturated heterocycles. The van der Waals surface area contributed by atoms with E-state index < -0.39 is 5.41 Å². The van der Waals surface area contributed by atoms with Crippen LogP contribution in [0.15, 0.2) is 24.3 Å². The third-order valence-corrected chi connectivity index (χ3v) is 5.35. The first-order chi connectivity index (χ1) is 10.6. The summed E-state index contributed by atoms with van der Waals surface area (Å²) >= 11 is 0. The molecule has 2 rings (SSSR count). The van der Waals surface area contributed by atoms with E-state index in [2.05, 4.69) is 11.4 Å². The minimum atomic E-state index is -0.434. The molecule has 1 aliphatic rings. The maximum Gasteiger partial charge on any atom is 0.227 e. The van der Waals surface area contributed by atoms with Crippen LogP contribution >= 0.6 is 12.4 Å². The van der Waals surface area contributed by atoms with Crippen LogP contribution in [0.25, 0.3) is 0 Å². The van der Waals surface area contributed by atoms with Crippen molar-refractivity contribution in [2.24, 2.45) is 11.1 Å². The van der Waals surface area contributed by atoms with Crippen LogP contribution in [0.5, 0.6) is 5.75 Å². The molecule has 1 aliphatic carbocycles. The number of hydrogen-bond acceptors (Lipinski definition) is 3. The normalized spacial score (nSPS) is 15.5. The minimum Gasteiger partial charge on any atom is -0.496 e. The van der Waals surface area contributed by atoms with Gasteiger partial charge in [0.2, 0.25) is 5.91 Å². The summed E-state index contributed by atoms with van der Waals surface area (Å²) in [6.07, 6.45) is 3.71. The standard InChI is InChI=1S/C18H28N2O2.ClH/c1-4-17(5-2,12-19)16(21)20-13-18(10-11-18)14-8-6-7-9-15(14)22-3;/h6-9H,4-5,10-13,19H2,1-3H3,(H,20,21);1H. The zero-order valence-electron chi connectivity index (χ0n) is 14.4. The SMILES string of the molecule is CCC(CC)(CN)C(=O)NCC1(c2ccccc2OC)CC1.Cl. The van der Waals surface area contributed by atoms with Crippen LogP contribution in [0.4, 0.5) is 0 Å². The van der Waals surface area contributed by atoms with Crippen LogP contribution in [0.2, 0.25) is 0 Å². The summed E-state index contributed by atoms with van der Waals surface area (Å²) < 4.78 is 5.48. The van der Waals surface area contributed by atoms with Crippen LogP contribution in [-0.2, 0) is 10.2 Å². The topological polar surface area (TPSA) is 64.4 Å². The lowest BCUT2D eigenvalue weighted by atomic mass is 9.81. The zero-order chi connectivity index (χ0) is 16.2. The summed E-state index contributed by atoms with van der Waals surface area (Å²) in [6.45, 7) is 5.12. The quantitative estimate of drug-likeness (QED) is 0.764. The van der Waals surface area contributed by atoms with Gasteiger partial charge in [0.1, 0.15) is 5.75 Å². The van der Waals surface area contributed by atoms with Crippen LogP contribution in [0, 0.1) is 5.41 Å². The molecular formula is C18H29ClN2O2. The number of halogens is 1. The molecule has 1 fully saturated rings. The summed E-state index contributed by atoms with van der Waals surface area (Å²) in [6, 6.07) is 8.10. The lowest BCUT2D eigenvalue weighted by Crippen LogP contribution is -2.47. The Hall–Kier alpha value is -1.26. The molecule has 0 radical (unpaired) electrons. The van der Waals surface area contributed by atoms with Crippen molar-refractivity contribution in [3.63, 3.8) is 0 Å². The fourth-order valence-corrected chi connectivity index (χ4v) is 3.16. The Morgan fingerprint density at radius 3 is 2.39 bits per heavy atom. The number of amides is 1. The van der Waals surface area contributed by atoms with Crippen LogP contribution in [0.1, 0.15) is 45.1 Å².